The van der Waals surface area contributed by atoms with Crippen molar-refractivity contribution in [1.82, 2.24) is 9.78 Å². The molecule has 2 rings (SSSR count). The van der Waals surface area contributed by atoms with Gasteiger partial charge in [0.1, 0.15) is 5.01 Å². The molecule has 0 aliphatic carbocycles. The highest BCUT2D eigenvalue weighted by atomic mass is 32.1. The van der Waals surface area contributed by atoms with Crippen molar-refractivity contribution in [1.29, 1.82) is 0 Å². The average Bonchev–Trinajstić information content (AvgIpc) is 2.89. The van der Waals surface area contributed by atoms with Crippen molar-refractivity contribution in [2.75, 3.05) is 7.11 Å². The van der Waals surface area contributed by atoms with Gasteiger partial charge in [0.15, 0.2) is 11.5 Å². The number of phenolic OH excluding ortho intramolecular Hbond substituents is 1. The van der Waals surface area contributed by atoms with Crippen molar-refractivity contribution in [2.24, 2.45) is 12.0 Å². The summed E-state index contributed by atoms with van der Waals surface area (Å²) >= 11 is 1.57. The van der Waals surface area contributed by atoms with Crippen LogP contribution in [-0.2, 0) is 7.05 Å². The zero-order chi connectivity index (χ0) is 16.8. The second kappa shape index (κ2) is 8.15. The highest BCUT2D eigenvalue weighted by Crippen LogP contribution is 2.31. The Labute approximate surface area is 141 Å². The van der Waals surface area contributed by atoms with Crippen LogP contribution >= 0.6 is 11.3 Å². The number of rotatable bonds is 7. The van der Waals surface area contributed by atoms with E-state index in [0.717, 1.165) is 41.1 Å². The summed E-state index contributed by atoms with van der Waals surface area (Å²) in [6.45, 7) is 4.39. The third-order valence-corrected chi connectivity index (χ3v) is 4.73. The molecular formula is C17H25N3O2S. The number of benzene rings is 1. The molecule has 0 fully saturated rings. The fourth-order valence-corrected chi connectivity index (χ4v) is 3.44. The molecule has 1 heterocycles. The first-order chi connectivity index (χ1) is 11.1. The standard InChI is InChI=1S/C17H25N3O2S/c1-5-7-13(8-6-2)18-17-20(3)19-16(23-17)12-9-10-14(21)15(11-12)22-4/h9-11,13,21H,5-8H2,1-4H3. The third-order valence-electron chi connectivity index (χ3n) is 3.67. The quantitative estimate of drug-likeness (QED) is 0.838. The van der Waals surface area contributed by atoms with E-state index in [4.69, 9.17) is 9.73 Å². The van der Waals surface area contributed by atoms with Crippen LogP contribution in [0.3, 0.4) is 0 Å². The first kappa shape index (κ1) is 17.5. The average molecular weight is 335 g/mol. The van der Waals surface area contributed by atoms with Gasteiger partial charge >= 0.3 is 0 Å². The molecule has 6 heteroatoms. The SMILES string of the molecule is CCCC(CCC)N=c1sc(-c2ccc(O)c(OC)c2)nn1C. The molecule has 0 saturated carbocycles. The Morgan fingerprint density at radius 1 is 1.30 bits per heavy atom. The molecule has 23 heavy (non-hydrogen) atoms. The molecule has 1 N–H and O–H groups in total. The summed E-state index contributed by atoms with van der Waals surface area (Å²) in [6, 6.07) is 5.63. The van der Waals surface area contributed by atoms with Crippen LogP contribution in [0.4, 0.5) is 0 Å². The van der Waals surface area contributed by atoms with Gasteiger partial charge in [0, 0.05) is 12.6 Å². The number of aromatic hydroxyl groups is 1. The van der Waals surface area contributed by atoms with Gasteiger partial charge in [-0.2, -0.15) is 5.10 Å². The second-order valence-electron chi connectivity index (χ2n) is 5.56. The van der Waals surface area contributed by atoms with Gasteiger partial charge in [-0.25, -0.2) is 4.68 Å². The normalized spacial score (nSPS) is 12.1. The largest absolute Gasteiger partial charge is 0.504 e. The number of aromatic nitrogens is 2. The molecule has 0 radical (unpaired) electrons. The van der Waals surface area contributed by atoms with Gasteiger partial charge in [-0.05, 0) is 31.0 Å². The maximum atomic E-state index is 9.71. The zero-order valence-electron chi connectivity index (χ0n) is 14.2. The molecule has 0 aliphatic rings. The van der Waals surface area contributed by atoms with Gasteiger partial charge in [-0.1, -0.05) is 38.0 Å². The topological polar surface area (TPSA) is 59.6 Å². The van der Waals surface area contributed by atoms with Gasteiger partial charge in [-0.3, -0.25) is 4.99 Å². The van der Waals surface area contributed by atoms with Crippen molar-refractivity contribution < 1.29 is 9.84 Å². The predicted octanol–water partition coefficient (Wildman–Crippen LogP) is 3.73. The molecular weight excluding hydrogens is 310 g/mol. The maximum Gasteiger partial charge on any atom is 0.203 e. The summed E-state index contributed by atoms with van der Waals surface area (Å²) in [4.78, 5) is 5.81. The summed E-state index contributed by atoms with van der Waals surface area (Å²) in [7, 11) is 3.47. The van der Waals surface area contributed by atoms with Crippen LogP contribution < -0.4 is 9.54 Å². The van der Waals surface area contributed by atoms with Crippen molar-refractivity contribution in [2.45, 2.75) is 45.6 Å². The van der Waals surface area contributed by atoms with E-state index in [0.29, 0.717) is 11.8 Å². The van der Waals surface area contributed by atoms with Crippen molar-refractivity contribution in [3.8, 4) is 22.1 Å². The van der Waals surface area contributed by atoms with E-state index in [-0.39, 0.29) is 5.75 Å². The number of methoxy groups -OCH3 is 1. The molecule has 0 atom stereocenters. The zero-order valence-corrected chi connectivity index (χ0v) is 15.1. The molecule has 0 spiro atoms. The Bertz CT molecular complexity index is 700. The Morgan fingerprint density at radius 3 is 2.61 bits per heavy atom. The van der Waals surface area contributed by atoms with Crippen LogP contribution in [0.1, 0.15) is 39.5 Å². The molecule has 1 aromatic heterocycles. The number of hydrogen-bond donors (Lipinski definition) is 1. The first-order valence-corrected chi connectivity index (χ1v) is 8.86. The molecule has 126 valence electrons. The minimum Gasteiger partial charge on any atom is -0.504 e. The number of phenols is 1. The van der Waals surface area contributed by atoms with Crippen molar-refractivity contribution in [3.63, 3.8) is 0 Å². The minimum atomic E-state index is 0.132. The van der Waals surface area contributed by atoms with Crippen LogP contribution in [0.5, 0.6) is 11.5 Å². The van der Waals surface area contributed by atoms with E-state index in [1.165, 1.54) is 0 Å². The van der Waals surface area contributed by atoms with Crippen LogP contribution in [0.25, 0.3) is 10.6 Å². The van der Waals surface area contributed by atoms with E-state index in [9.17, 15) is 5.11 Å². The Hall–Kier alpha value is -1.82. The summed E-state index contributed by atoms with van der Waals surface area (Å²) in [6.07, 6.45) is 4.49. The fraction of sp³-hybridized carbons (Fsp3) is 0.529. The summed E-state index contributed by atoms with van der Waals surface area (Å²) in [5.74, 6) is 0.585. The molecule has 0 saturated heterocycles. The lowest BCUT2D eigenvalue weighted by molar-refractivity contribution is 0.373. The van der Waals surface area contributed by atoms with Crippen molar-refractivity contribution in [3.05, 3.63) is 23.0 Å². The highest BCUT2D eigenvalue weighted by Gasteiger charge is 2.11. The highest BCUT2D eigenvalue weighted by molar-refractivity contribution is 7.12. The van der Waals surface area contributed by atoms with Crippen LogP contribution in [-0.4, -0.2) is 28.0 Å². The van der Waals surface area contributed by atoms with Gasteiger partial charge in [-0.15, -0.1) is 0 Å². The smallest absolute Gasteiger partial charge is 0.203 e. The van der Waals surface area contributed by atoms with E-state index in [1.807, 2.05) is 17.8 Å². The first-order valence-electron chi connectivity index (χ1n) is 8.04. The molecule has 0 bridgehead atoms. The molecule has 0 unspecified atom stereocenters. The Morgan fingerprint density at radius 2 is 2.00 bits per heavy atom. The number of aryl methyl sites for hydroxylation is 1. The third kappa shape index (κ3) is 4.34. The predicted molar refractivity (Wildman–Crippen MR) is 93.9 cm³/mol. The monoisotopic (exact) mass is 335 g/mol. The van der Waals surface area contributed by atoms with Crippen molar-refractivity contribution >= 4 is 11.3 Å². The second-order valence-corrected chi connectivity index (χ2v) is 6.52. The molecule has 0 amide bonds. The maximum absolute atomic E-state index is 9.71. The molecule has 2 aromatic rings. The Kier molecular flexibility index (Phi) is 6.21. The lowest BCUT2D eigenvalue weighted by Crippen LogP contribution is -2.17. The van der Waals surface area contributed by atoms with Gasteiger partial charge < -0.3 is 9.84 Å². The van der Waals surface area contributed by atoms with Crippen LogP contribution in [0.2, 0.25) is 0 Å². The molecule has 1 aromatic carbocycles. The van der Waals surface area contributed by atoms with Crippen LogP contribution in [0, 0.1) is 0 Å². The van der Waals surface area contributed by atoms with E-state index in [1.54, 1.807) is 30.6 Å². The van der Waals surface area contributed by atoms with Crippen LogP contribution in [0.15, 0.2) is 23.2 Å². The molecule has 0 aliphatic heterocycles. The number of hydrogen-bond acceptors (Lipinski definition) is 5. The number of ether oxygens (including phenoxy) is 1. The summed E-state index contributed by atoms with van der Waals surface area (Å²) in [5.41, 5.74) is 0.921. The van der Waals surface area contributed by atoms with E-state index in [2.05, 4.69) is 18.9 Å². The van der Waals surface area contributed by atoms with E-state index < -0.39 is 0 Å². The van der Waals surface area contributed by atoms with Gasteiger partial charge in [0.05, 0.1) is 13.2 Å². The lowest BCUT2D eigenvalue weighted by atomic mass is 10.1. The summed E-state index contributed by atoms with van der Waals surface area (Å²) < 4.78 is 7.00. The number of nitrogens with zero attached hydrogens (tertiary/aromatic N) is 3. The van der Waals surface area contributed by atoms with E-state index >= 15 is 0 Å². The van der Waals surface area contributed by atoms with Gasteiger partial charge in [0.2, 0.25) is 4.80 Å². The fourth-order valence-electron chi connectivity index (χ4n) is 2.49. The lowest BCUT2D eigenvalue weighted by Gasteiger charge is -2.08. The summed E-state index contributed by atoms with van der Waals surface area (Å²) in [5, 5.41) is 15.1. The Balaban J connectivity index is 2.37. The van der Waals surface area contributed by atoms with Gasteiger partial charge in [0.25, 0.3) is 0 Å². The minimum absolute atomic E-state index is 0.132. The molecule has 5 nitrogen and oxygen atoms in total.